The molecule has 0 bridgehead atoms. The number of piperidine rings is 1. The summed E-state index contributed by atoms with van der Waals surface area (Å²) in [5.74, 6) is 0.816. The van der Waals surface area contributed by atoms with Gasteiger partial charge in [-0.25, -0.2) is 4.79 Å². The molecule has 0 aromatic heterocycles. The molecule has 0 aromatic carbocycles. The van der Waals surface area contributed by atoms with Crippen LogP contribution in [0, 0.1) is 11.8 Å². The predicted octanol–water partition coefficient (Wildman–Crippen LogP) is -0.387. The van der Waals surface area contributed by atoms with E-state index in [2.05, 4.69) is 10.6 Å². The Hall–Kier alpha value is -0.810. The second-order valence-electron chi connectivity index (χ2n) is 4.21. The Balaban J connectivity index is 1.93. The number of hydrogen-bond acceptors (Lipinski definition) is 3. The molecule has 1 saturated heterocycles. The van der Waals surface area contributed by atoms with Crippen molar-refractivity contribution in [3.63, 3.8) is 0 Å². The second-order valence-corrected chi connectivity index (χ2v) is 4.21. The van der Waals surface area contributed by atoms with Gasteiger partial charge in [-0.2, -0.15) is 0 Å². The average molecular weight is 200 g/mol. The number of amides is 1. The van der Waals surface area contributed by atoms with Gasteiger partial charge in [-0.15, -0.1) is 0 Å². The molecule has 5 nitrogen and oxygen atoms in total. The number of rotatable bonds is 2. The smallest absolute Gasteiger partial charge is 0.405 e. The van der Waals surface area contributed by atoms with Crippen LogP contribution >= 0.6 is 0 Å². The number of aliphatic hydroxyl groups is 1. The molecule has 2 fully saturated rings. The molecular weight excluding hydrogens is 184 g/mol. The first-order chi connectivity index (χ1) is 6.68. The highest BCUT2D eigenvalue weighted by Crippen LogP contribution is 2.39. The van der Waals surface area contributed by atoms with E-state index in [1.807, 2.05) is 0 Å². The summed E-state index contributed by atoms with van der Waals surface area (Å²) in [6.45, 7) is 1.33. The summed E-state index contributed by atoms with van der Waals surface area (Å²) in [6, 6.07) is -0.355. The zero-order valence-corrected chi connectivity index (χ0v) is 7.94. The van der Waals surface area contributed by atoms with Crippen LogP contribution in [0.4, 0.5) is 4.79 Å². The van der Waals surface area contributed by atoms with Gasteiger partial charge in [-0.1, -0.05) is 0 Å². The van der Waals surface area contributed by atoms with Crippen LogP contribution in [0.5, 0.6) is 0 Å². The number of aliphatic hydroxyl groups excluding tert-OH is 1. The van der Waals surface area contributed by atoms with Crippen molar-refractivity contribution >= 4 is 6.09 Å². The van der Waals surface area contributed by atoms with Crippen LogP contribution in [0.2, 0.25) is 0 Å². The van der Waals surface area contributed by atoms with Crippen LogP contribution in [0.3, 0.4) is 0 Å². The molecule has 0 unspecified atom stereocenters. The van der Waals surface area contributed by atoms with Crippen molar-refractivity contribution in [1.29, 1.82) is 0 Å². The molecule has 1 saturated carbocycles. The van der Waals surface area contributed by atoms with Gasteiger partial charge in [0.05, 0.1) is 12.1 Å². The van der Waals surface area contributed by atoms with Crippen molar-refractivity contribution in [2.45, 2.75) is 25.0 Å². The fourth-order valence-corrected chi connectivity index (χ4v) is 2.21. The zero-order chi connectivity index (χ0) is 10.1. The zero-order valence-electron chi connectivity index (χ0n) is 7.94. The lowest BCUT2D eigenvalue weighted by Gasteiger charge is -2.35. The Morgan fingerprint density at radius 2 is 2.07 bits per heavy atom. The van der Waals surface area contributed by atoms with E-state index in [1.165, 1.54) is 12.8 Å². The number of carboxylic acid groups (broad SMARTS) is 1. The molecule has 1 aliphatic heterocycles. The van der Waals surface area contributed by atoms with E-state index in [0.29, 0.717) is 12.5 Å². The SMILES string of the molecule is O=C(O)N[C@@H]1CNC[C@H](C2CC2)[C@@H]1O. The largest absolute Gasteiger partial charge is 0.465 e. The minimum atomic E-state index is -1.06. The standard InChI is InChI=1S/C9H16N2O3/c12-8-6(5-1-2-5)3-10-4-7(8)11-9(13)14/h5-8,10-12H,1-4H2,(H,13,14)/t6-,7-,8+/m1/s1. The number of hydrogen-bond donors (Lipinski definition) is 4. The molecule has 0 spiro atoms. The lowest BCUT2D eigenvalue weighted by molar-refractivity contribution is 0.0374. The summed E-state index contributed by atoms with van der Waals surface area (Å²) >= 11 is 0. The monoisotopic (exact) mass is 200 g/mol. The van der Waals surface area contributed by atoms with Crippen molar-refractivity contribution in [3.8, 4) is 0 Å². The van der Waals surface area contributed by atoms with Gasteiger partial charge in [0.25, 0.3) is 0 Å². The molecule has 5 heteroatoms. The molecule has 1 heterocycles. The second kappa shape index (κ2) is 3.74. The molecule has 4 N–H and O–H groups in total. The first-order valence-corrected chi connectivity index (χ1v) is 5.06. The minimum Gasteiger partial charge on any atom is -0.465 e. The molecule has 14 heavy (non-hydrogen) atoms. The Bertz CT molecular complexity index is 230. The van der Waals surface area contributed by atoms with E-state index in [1.54, 1.807) is 0 Å². The summed E-state index contributed by atoms with van der Waals surface area (Å²) in [5.41, 5.74) is 0. The molecule has 3 atom stereocenters. The van der Waals surface area contributed by atoms with Gasteiger partial charge in [0.1, 0.15) is 0 Å². The average Bonchev–Trinajstić information content (AvgIpc) is 2.91. The van der Waals surface area contributed by atoms with Crippen molar-refractivity contribution < 1.29 is 15.0 Å². The van der Waals surface area contributed by atoms with E-state index in [-0.39, 0.29) is 12.0 Å². The summed E-state index contributed by atoms with van der Waals surface area (Å²) in [6.07, 6.45) is 0.749. The van der Waals surface area contributed by atoms with Gasteiger partial charge in [0.2, 0.25) is 0 Å². The Morgan fingerprint density at radius 1 is 1.36 bits per heavy atom. The highest BCUT2D eigenvalue weighted by atomic mass is 16.4. The lowest BCUT2D eigenvalue weighted by Crippen LogP contribution is -2.58. The third-order valence-electron chi connectivity index (χ3n) is 3.13. The van der Waals surface area contributed by atoms with Crippen molar-refractivity contribution in [2.75, 3.05) is 13.1 Å². The van der Waals surface area contributed by atoms with Gasteiger partial charge in [-0.05, 0) is 18.8 Å². The number of nitrogens with one attached hydrogen (secondary N) is 2. The third kappa shape index (κ3) is 1.99. The van der Waals surface area contributed by atoms with Crippen LogP contribution in [-0.4, -0.2) is 41.5 Å². The maximum Gasteiger partial charge on any atom is 0.405 e. The first-order valence-electron chi connectivity index (χ1n) is 5.06. The molecule has 80 valence electrons. The summed E-state index contributed by atoms with van der Waals surface area (Å²) in [4.78, 5) is 10.5. The Morgan fingerprint density at radius 3 is 2.64 bits per heavy atom. The maximum atomic E-state index is 10.5. The number of carbonyl (C=O) groups is 1. The van der Waals surface area contributed by atoms with Crippen molar-refractivity contribution in [1.82, 2.24) is 10.6 Å². The van der Waals surface area contributed by atoms with Crippen LogP contribution in [0.25, 0.3) is 0 Å². The molecule has 1 aliphatic carbocycles. The van der Waals surface area contributed by atoms with Crippen LogP contribution in [0.1, 0.15) is 12.8 Å². The molecule has 1 amide bonds. The third-order valence-corrected chi connectivity index (χ3v) is 3.13. The van der Waals surface area contributed by atoms with Gasteiger partial charge in [0.15, 0.2) is 0 Å². The van der Waals surface area contributed by atoms with E-state index in [0.717, 1.165) is 6.54 Å². The van der Waals surface area contributed by atoms with Crippen LogP contribution in [0.15, 0.2) is 0 Å². The first kappa shape index (κ1) is 9.73. The fraction of sp³-hybridized carbons (Fsp3) is 0.889. The summed E-state index contributed by atoms with van der Waals surface area (Å²) < 4.78 is 0. The van der Waals surface area contributed by atoms with Gasteiger partial charge in [-0.3, -0.25) is 0 Å². The predicted molar refractivity (Wildman–Crippen MR) is 50.0 cm³/mol. The van der Waals surface area contributed by atoms with Gasteiger partial charge in [0, 0.05) is 19.0 Å². The Labute approximate surface area is 82.5 Å². The van der Waals surface area contributed by atoms with E-state index >= 15 is 0 Å². The molecule has 2 rings (SSSR count). The van der Waals surface area contributed by atoms with Crippen molar-refractivity contribution in [2.24, 2.45) is 11.8 Å². The van der Waals surface area contributed by atoms with E-state index in [9.17, 15) is 9.90 Å². The van der Waals surface area contributed by atoms with E-state index < -0.39 is 12.2 Å². The van der Waals surface area contributed by atoms with Gasteiger partial charge >= 0.3 is 6.09 Å². The van der Waals surface area contributed by atoms with Crippen molar-refractivity contribution in [3.05, 3.63) is 0 Å². The van der Waals surface area contributed by atoms with Crippen LogP contribution < -0.4 is 10.6 Å². The fourth-order valence-electron chi connectivity index (χ4n) is 2.21. The highest BCUT2D eigenvalue weighted by Gasteiger charge is 2.41. The quantitative estimate of drug-likeness (QED) is 0.489. The summed E-state index contributed by atoms with van der Waals surface area (Å²) in [7, 11) is 0. The Kier molecular flexibility index (Phi) is 2.60. The van der Waals surface area contributed by atoms with Gasteiger partial charge < -0.3 is 20.8 Å². The molecule has 2 aliphatic rings. The topological polar surface area (TPSA) is 81.6 Å². The van der Waals surface area contributed by atoms with Crippen LogP contribution in [-0.2, 0) is 0 Å². The normalized spacial score (nSPS) is 37.9. The highest BCUT2D eigenvalue weighted by molar-refractivity contribution is 5.65. The molecule has 0 radical (unpaired) electrons. The molecule has 0 aromatic rings. The minimum absolute atomic E-state index is 0.223. The lowest BCUT2D eigenvalue weighted by atomic mass is 9.88. The molecular formula is C9H16N2O3. The van der Waals surface area contributed by atoms with E-state index in [4.69, 9.17) is 5.11 Å². The maximum absolute atomic E-state index is 10.5. The summed E-state index contributed by atoms with van der Waals surface area (Å²) in [5, 5.41) is 24.0.